The van der Waals surface area contributed by atoms with E-state index in [-0.39, 0.29) is 18.2 Å². The summed E-state index contributed by atoms with van der Waals surface area (Å²) < 4.78 is 7.64. The van der Waals surface area contributed by atoms with Crippen molar-refractivity contribution in [3.05, 3.63) is 87.0 Å². The fourth-order valence-electron chi connectivity index (χ4n) is 6.21. The second kappa shape index (κ2) is 9.84. The Morgan fingerprint density at radius 2 is 1.95 bits per heavy atom. The number of ether oxygens (including phenoxy) is 1. The van der Waals surface area contributed by atoms with Gasteiger partial charge in [-0.25, -0.2) is 4.68 Å². The van der Waals surface area contributed by atoms with Crippen LogP contribution in [-0.4, -0.2) is 50.0 Å². The van der Waals surface area contributed by atoms with Gasteiger partial charge in [0.1, 0.15) is 11.3 Å². The highest BCUT2D eigenvalue weighted by molar-refractivity contribution is 5.98. The number of nitrogens with zero attached hydrogens (tertiary/aromatic N) is 4. The number of rotatable bonds is 6. The van der Waals surface area contributed by atoms with Gasteiger partial charge in [0.15, 0.2) is 0 Å². The molecule has 0 fully saturated rings. The predicted octanol–water partition coefficient (Wildman–Crippen LogP) is 4.58. The van der Waals surface area contributed by atoms with Crippen LogP contribution in [0.25, 0.3) is 11.0 Å². The summed E-state index contributed by atoms with van der Waals surface area (Å²) in [6.45, 7) is 5.83. The molecule has 0 bridgehead atoms. The van der Waals surface area contributed by atoms with Crippen molar-refractivity contribution in [1.29, 1.82) is 0 Å². The lowest BCUT2D eigenvalue weighted by Gasteiger charge is -2.30. The molecule has 6 rings (SSSR count). The van der Waals surface area contributed by atoms with Crippen molar-refractivity contribution in [2.45, 2.75) is 52.0 Å². The Balaban J connectivity index is 1.33. The van der Waals surface area contributed by atoms with E-state index < -0.39 is 5.97 Å². The molecule has 3 aromatic carbocycles. The van der Waals surface area contributed by atoms with E-state index in [4.69, 9.17) is 4.74 Å². The minimum absolute atomic E-state index is 0.0158. The van der Waals surface area contributed by atoms with Crippen LogP contribution in [0.5, 0.6) is 5.75 Å². The normalized spacial score (nSPS) is 15.1. The smallest absolute Gasteiger partial charge is 0.304 e. The maximum atomic E-state index is 13.7. The third-order valence-corrected chi connectivity index (χ3v) is 8.33. The van der Waals surface area contributed by atoms with Crippen LogP contribution in [0.15, 0.2) is 42.5 Å². The van der Waals surface area contributed by atoms with Crippen molar-refractivity contribution in [1.82, 2.24) is 19.9 Å². The Bertz CT molecular complexity index is 1620. The Hall–Kier alpha value is -4.20. The fourth-order valence-corrected chi connectivity index (χ4v) is 6.21. The van der Waals surface area contributed by atoms with Crippen molar-refractivity contribution in [2.24, 2.45) is 7.05 Å². The Labute approximate surface area is 227 Å². The fraction of sp³-hybridized carbons (Fsp3) is 0.355. The van der Waals surface area contributed by atoms with Crippen molar-refractivity contribution >= 4 is 22.9 Å². The number of aryl methyl sites for hydroxylation is 3. The molecule has 0 saturated heterocycles. The molecular formula is C31H32N4O4. The van der Waals surface area contributed by atoms with Gasteiger partial charge in [-0.1, -0.05) is 42.5 Å². The molecule has 2 aliphatic heterocycles. The van der Waals surface area contributed by atoms with Gasteiger partial charge in [-0.3, -0.25) is 9.59 Å². The van der Waals surface area contributed by atoms with Gasteiger partial charge in [-0.2, -0.15) is 0 Å². The molecular weight excluding hydrogens is 492 g/mol. The van der Waals surface area contributed by atoms with Gasteiger partial charge in [0.2, 0.25) is 0 Å². The topological polar surface area (TPSA) is 97.5 Å². The third-order valence-electron chi connectivity index (χ3n) is 8.33. The molecule has 1 N–H and O–H groups in total. The molecule has 2 aliphatic rings. The first-order valence-electron chi connectivity index (χ1n) is 13.5. The van der Waals surface area contributed by atoms with Crippen LogP contribution in [-0.2, 0) is 37.6 Å². The average molecular weight is 525 g/mol. The number of carbonyl (C=O) groups is 2. The Morgan fingerprint density at radius 1 is 1.10 bits per heavy atom. The number of fused-ring (bicyclic) bond motifs is 3. The van der Waals surface area contributed by atoms with Gasteiger partial charge in [0.05, 0.1) is 24.1 Å². The number of aromatic nitrogens is 3. The molecule has 0 saturated carbocycles. The lowest BCUT2D eigenvalue weighted by atomic mass is 9.83. The monoisotopic (exact) mass is 524 g/mol. The summed E-state index contributed by atoms with van der Waals surface area (Å²) in [5.74, 6) is -0.478. The zero-order valence-corrected chi connectivity index (χ0v) is 22.5. The van der Waals surface area contributed by atoms with Crippen LogP contribution in [0.4, 0.5) is 0 Å². The highest BCUT2D eigenvalue weighted by Gasteiger charge is 2.29. The molecule has 8 heteroatoms. The molecule has 4 aromatic rings. The number of benzene rings is 3. The highest BCUT2D eigenvalue weighted by atomic mass is 16.5. The van der Waals surface area contributed by atoms with Crippen LogP contribution in [0.1, 0.15) is 68.6 Å². The van der Waals surface area contributed by atoms with Crippen LogP contribution in [0.2, 0.25) is 0 Å². The summed E-state index contributed by atoms with van der Waals surface area (Å²) in [6.07, 6.45) is 2.48. The number of hydrogen-bond donors (Lipinski definition) is 1. The number of hydrogen-bond acceptors (Lipinski definition) is 5. The van der Waals surface area contributed by atoms with Gasteiger partial charge in [0.25, 0.3) is 5.91 Å². The lowest BCUT2D eigenvalue weighted by molar-refractivity contribution is -0.137. The summed E-state index contributed by atoms with van der Waals surface area (Å²) >= 11 is 0. The summed E-state index contributed by atoms with van der Waals surface area (Å²) in [5, 5.41) is 18.3. The molecule has 1 aromatic heterocycles. The highest BCUT2D eigenvalue weighted by Crippen LogP contribution is 2.37. The van der Waals surface area contributed by atoms with E-state index in [1.807, 2.05) is 43.1 Å². The van der Waals surface area contributed by atoms with Crippen molar-refractivity contribution < 1.29 is 19.4 Å². The largest absolute Gasteiger partial charge is 0.492 e. The van der Waals surface area contributed by atoms with Crippen LogP contribution in [0, 0.1) is 6.92 Å². The van der Waals surface area contributed by atoms with Gasteiger partial charge in [-0.15, -0.1) is 5.10 Å². The molecule has 0 spiro atoms. The van der Waals surface area contributed by atoms with E-state index >= 15 is 0 Å². The number of carbonyl (C=O) groups excluding carboxylic acids is 1. The van der Waals surface area contributed by atoms with E-state index in [2.05, 4.69) is 35.4 Å². The van der Waals surface area contributed by atoms with Crippen LogP contribution >= 0.6 is 0 Å². The minimum Gasteiger partial charge on any atom is -0.492 e. The summed E-state index contributed by atoms with van der Waals surface area (Å²) in [6, 6.07) is 14.1. The van der Waals surface area contributed by atoms with E-state index in [0.717, 1.165) is 63.9 Å². The maximum absolute atomic E-state index is 13.7. The third kappa shape index (κ3) is 4.33. The van der Waals surface area contributed by atoms with Crippen LogP contribution < -0.4 is 4.74 Å². The van der Waals surface area contributed by atoms with Gasteiger partial charge < -0.3 is 14.7 Å². The van der Waals surface area contributed by atoms with Gasteiger partial charge in [0, 0.05) is 38.0 Å². The quantitative estimate of drug-likeness (QED) is 0.397. The van der Waals surface area contributed by atoms with E-state index in [9.17, 15) is 14.7 Å². The van der Waals surface area contributed by atoms with E-state index in [1.54, 1.807) is 4.68 Å². The van der Waals surface area contributed by atoms with Crippen LogP contribution in [0.3, 0.4) is 0 Å². The SMILES string of the molecule is CCc1ccc(C(=O)N2CCc3ccc(C(CC(=O)O)c4ccc5c(nnn5C)c4C)cc3C2)c2c1CCO2. The number of amides is 1. The first-order valence-corrected chi connectivity index (χ1v) is 13.5. The zero-order valence-electron chi connectivity index (χ0n) is 22.5. The lowest BCUT2D eigenvalue weighted by Crippen LogP contribution is -2.36. The standard InChI is InChI=1S/C31H32N4O4/c1-4-19-7-8-25(30-24(19)12-14-39-30)31(38)35-13-11-20-5-6-21(15-22(20)17-35)26(16-28(36)37)23-9-10-27-29(18(23)2)32-33-34(27)3/h5-10,15,26H,4,11-14,16-17H2,1-3H3,(H,36,37). The van der Waals surface area contributed by atoms with E-state index in [1.165, 1.54) is 11.1 Å². The summed E-state index contributed by atoms with van der Waals surface area (Å²) in [7, 11) is 1.85. The molecule has 1 amide bonds. The molecule has 200 valence electrons. The number of aliphatic carboxylic acids is 1. The van der Waals surface area contributed by atoms with Gasteiger partial charge in [-0.05, 0) is 65.3 Å². The molecule has 1 atom stereocenters. The molecule has 8 nitrogen and oxygen atoms in total. The zero-order chi connectivity index (χ0) is 27.3. The minimum atomic E-state index is -0.863. The molecule has 0 radical (unpaired) electrons. The average Bonchev–Trinajstić information content (AvgIpc) is 3.58. The second-order valence-electron chi connectivity index (χ2n) is 10.5. The maximum Gasteiger partial charge on any atom is 0.304 e. The van der Waals surface area contributed by atoms with Crippen molar-refractivity contribution in [3.8, 4) is 5.75 Å². The Morgan fingerprint density at radius 3 is 2.74 bits per heavy atom. The summed E-state index contributed by atoms with van der Waals surface area (Å²) in [4.78, 5) is 27.5. The van der Waals surface area contributed by atoms with Crippen molar-refractivity contribution in [2.75, 3.05) is 13.2 Å². The molecule has 3 heterocycles. The first kappa shape index (κ1) is 25.1. The predicted molar refractivity (Wildman–Crippen MR) is 147 cm³/mol. The first-order chi connectivity index (χ1) is 18.9. The number of carboxylic acid groups (broad SMARTS) is 1. The van der Waals surface area contributed by atoms with Crippen molar-refractivity contribution in [3.63, 3.8) is 0 Å². The molecule has 1 unspecified atom stereocenters. The summed E-state index contributed by atoms with van der Waals surface area (Å²) in [5.41, 5.74) is 9.77. The molecule has 0 aliphatic carbocycles. The Kier molecular flexibility index (Phi) is 6.33. The number of carboxylic acids is 1. The second-order valence-corrected chi connectivity index (χ2v) is 10.5. The van der Waals surface area contributed by atoms with E-state index in [0.29, 0.717) is 25.3 Å². The van der Waals surface area contributed by atoms with Gasteiger partial charge >= 0.3 is 5.97 Å². The molecule has 39 heavy (non-hydrogen) atoms.